The number of carbonyl (C=O) groups excluding carboxylic acids is 2. The fourth-order valence-electron chi connectivity index (χ4n) is 1.95. The summed E-state index contributed by atoms with van der Waals surface area (Å²) in [5.74, 6) is -0.0987. The maximum absolute atomic E-state index is 11.7. The van der Waals surface area contributed by atoms with Gasteiger partial charge in [0.25, 0.3) is 5.91 Å². The molecule has 0 aromatic heterocycles. The van der Waals surface area contributed by atoms with Crippen molar-refractivity contribution in [1.82, 2.24) is 15.9 Å². The fraction of sp³-hybridized carbons (Fsp3) is 0.750. The topological polar surface area (TPSA) is 90.5 Å². The summed E-state index contributed by atoms with van der Waals surface area (Å²) in [6.45, 7) is 1.85. The lowest BCUT2D eigenvalue weighted by molar-refractivity contribution is -0.124. The molecule has 82 valence electrons. The second kappa shape index (κ2) is 3.50. The first-order valence-corrected chi connectivity index (χ1v) is 5.09. The highest BCUT2D eigenvalue weighted by atomic mass is 16.2. The van der Waals surface area contributed by atoms with Crippen LogP contribution in [0.4, 0.5) is 4.79 Å². The summed E-state index contributed by atoms with van der Waals surface area (Å²) in [5.41, 5.74) is -0.853. The zero-order valence-electron chi connectivity index (χ0n) is 8.54. The zero-order valence-corrected chi connectivity index (χ0v) is 8.54. The zero-order chi connectivity index (χ0) is 11.1. The second-order valence-corrected chi connectivity index (χ2v) is 4.21. The molecule has 1 atom stereocenters. The Kier molecular flexibility index (Phi) is 2.43. The molecular formula is C8H14BN3O3. The quantitative estimate of drug-likeness (QED) is 0.342. The molecule has 3 amide bonds. The minimum atomic E-state index is -0.853. The Bertz CT molecular complexity index is 306. The Morgan fingerprint density at radius 2 is 2.27 bits per heavy atom. The number of hydrogen-bond donors (Lipinski definition) is 4. The van der Waals surface area contributed by atoms with Crippen molar-refractivity contribution in [2.75, 3.05) is 6.54 Å². The van der Waals surface area contributed by atoms with Gasteiger partial charge in [-0.15, -0.1) is 0 Å². The summed E-state index contributed by atoms with van der Waals surface area (Å²) >= 11 is 0. The molecule has 2 aliphatic rings. The highest BCUT2D eigenvalue weighted by Gasteiger charge is 2.55. The molecule has 0 bridgehead atoms. The van der Waals surface area contributed by atoms with E-state index in [4.69, 9.17) is 5.02 Å². The van der Waals surface area contributed by atoms with Crippen molar-refractivity contribution >= 4 is 19.0 Å². The van der Waals surface area contributed by atoms with Crippen molar-refractivity contribution in [3.63, 3.8) is 0 Å². The molecular weight excluding hydrogens is 197 g/mol. The summed E-state index contributed by atoms with van der Waals surface area (Å²) in [7, 11) is -0.689. The minimum absolute atomic E-state index is 0.190. The first-order valence-electron chi connectivity index (χ1n) is 5.09. The molecule has 1 unspecified atom stereocenters. The van der Waals surface area contributed by atoms with Crippen LogP contribution in [0.25, 0.3) is 0 Å². The lowest BCUT2D eigenvalue weighted by Crippen LogP contribution is -2.58. The highest BCUT2D eigenvalue weighted by Crippen LogP contribution is 2.40. The lowest BCUT2D eigenvalue weighted by Gasteiger charge is -2.26. The summed E-state index contributed by atoms with van der Waals surface area (Å²) in [6.07, 6.45) is 1.88. The monoisotopic (exact) mass is 211 g/mol. The third-order valence-electron chi connectivity index (χ3n) is 2.92. The molecule has 2 fully saturated rings. The Labute approximate surface area is 87.9 Å². The molecule has 1 aliphatic heterocycles. The lowest BCUT2D eigenvalue weighted by atomic mass is 9.84. The normalized spacial score (nSPS) is 30.0. The van der Waals surface area contributed by atoms with E-state index in [9.17, 15) is 9.59 Å². The Hall–Kier alpha value is -1.08. The predicted molar refractivity (Wildman–Crippen MR) is 54.0 cm³/mol. The molecule has 0 radical (unpaired) electrons. The van der Waals surface area contributed by atoms with E-state index in [1.165, 1.54) is 0 Å². The number of urea groups is 1. The van der Waals surface area contributed by atoms with E-state index in [1.54, 1.807) is 6.82 Å². The van der Waals surface area contributed by atoms with E-state index in [-0.39, 0.29) is 18.4 Å². The molecule has 1 aliphatic carbocycles. The van der Waals surface area contributed by atoms with Gasteiger partial charge in [-0.25, -0.2) is 4.79 Å². The van der Waals surface area contributed by atoms with Crippen LogP contribution in [0.3, 0.4) is 0 Å². The van der Waals surface area contributed by atoms with Crippen molar-refractivity contribution in [3.05, 3.63) is 0 Å². The van der Waals surface area contributed by atoms with Crippen LogP contribution >= 0.6 is 0 Å². The number of nitrogens with one attached hydrogen (secondary N) is 3. The number of amides is 3. The largest absolute Gasteiger partial charge is 0.437 e. The summed E-state index contributed by atoms with van der Waals surface area (Å²) < 4.78 is 0. The van der Waals surface area contributed by atoms with Gasteiger partial charge in [0.1, 0.15) is 5.54 Å². The minimum Gasteiger partial charge on any atom is -0.437 e. The number of imide groups is 1. The van der Waals surface area contributed by atoms with Crippen LogP contribution < -0.4 is 15.9 Å². The van der Waals surface area contributed by atoms with Gasteiger partial charge in [0.05, 0.1) is 0 Å². The van der Waals surface area contributed by atoms with Gasteiger partial charge in [-0.1, -0.05) is 0 Å². The molecule has 4 N–H and O–H groups in total. The van der Waals surface area contributed by atoms with Crippen LogP contribution in [0.5, 0.6) is 0 Å². The van der Waals surface area contributed by atoms with E-state index >= 15 is 0 Å². The van der Waals surface area contributed by atoms with Crippen molar-refractivity contribution < 1.29 is 14.6 Å². The van der Waals surface area contributed by atoms with Gasteiger partial charge in [0.15, 0.2) is 0 Å². The van der Waals surface area contributed by atoms with Crippen LogP contribution in [-0.2, 0) is 4.79 Å². The molecule has 0 aromatic rings. The molecule has 0 aromatic carbocycles. The molecule has 15 heavy (non-hydrogen) atoms. The highest BCUT2D eigenvalue weighted by molar-refractivity contribution is 6.45. The SMILES string of the molecule is CB(O)NCC1(C2CC2)NC(=O)NC1=O. The average Bonchev–Trinajstić information content (AvgIpc) is 2.91. The maximum Gasteiger partial charge on any atom is 0.373 e. The van der Waals surface area contributed by atoms with Gasteiger partial charge in [0, 0.05) is 6.54 Å². The van der Waals surface area contributed by atoms with E-state index in [0.717, 1.165) is 12.8 Å². The van der Waals surface area contributed by atoms with Crippen LogP contribution in [0, 0.1) is 5.92 Å². The summed E-state index contributed by atoms with van der Waals surface area (Å²) in [5, 5.41) is 16.8. The molecule has 7 heteroatoms. The van der Waals surface area contributed by atoms with E-state index < -0.39 is 18.6 Å². The third-order valence-corrected chi connectivity index (χ3v) is 2.92. The average molecular weight is 211 g/mol. The van der Waals surface area contributed by atoms with E-state index in [0.29, 0.717) is 0 Å². The number of carbonyl (C=O) groups is 2. The molecule has 1 heterocycles. The third kappa shape index (κ3) is 1.84. The van der Waals surface area contributed by atoms with Gasteiger partial charge < -0.3 is 15.6 Å². The van der Waals surface area contributed by atoms with Gasteiger partial charge in [-0.3, -0.25) is 10.1 Å². The maximum atomic E-state index is 11.7. The molecule has 6 nitrogen and oxygen atoms in total. The second-order valence-electron chi connectivity index (χ2n) is 4.21. The van der Waals surface area contributed by atoms with Gasteiger partial charge in [-0.2, -0.15) is 0 Å². The summed E-state index contributed by atoms with van der Waals surface area (Å²) in [6, 6.07) is -0.445. The van der Waals surface area contributed by atoms with Crippen LogP contribution in [0.1, 0.15) is 12.8 Å². The van der Waals surface area contributed by atoms with Crippen molar-refractivity contribution in [1.29, 1.82) is 0 Å². The van der Waals surface area contributed by atoms with Crippen LogP contribution in [-0.4, -0.2) is 36.1 Å². The van der Waals surface area contributed by atoms with Gasteiger partial charge >= 0.3 is 13.1 Å². The first kappa shape index (κ1) is 10.4. The standard InChI is InChI=1S/C8H14BN3O3/c1-9(15)10-4-8(5-2-3-5)6(13)11-7(14)12-8/h5,10,15H,2-4H2,1H3,(H2,11,12,13,14). The fourth-order valence-corrected chi connectivity index (χ4v) is 1.95. The molecule has 1 saturated carbocycles. The summed E-state index contributed by atoms with van der Waals surface area (Å²) in [4.78, 5) is 22.8. The van der Waals surface area contributed by atoms with E-state index in [2.05, 4.69) is 15.9 Å². The van der Waals surface area contributed by atoms with Gasteiger partial charge in [0.2, 0.25) is 0 Å². The van der Waals surface area contributed by atoms with Crippen molar-refractivity contribution in [3.8, 4) is 0 Å². The predicted octanol–water partition coefficient (Wildman–Crippen LogP) is -1.33. The first-order chi connectivity index (χ1) is 7.04. The number of rotatable bonds is 4. The smallest absolute Gasteiger partial charge is 0.373 e. The number of hydrogen-bond acceptors (Lipinski definition) is 4. The Morgan fingerprint density at radius 3 is 2.67 bits per heavy atom. The Balaban J connectivity index is 2.10. The van der Waals surface area contributed by atoms with Crippen LogP contribution in [0.15, 0.2) is 0 Å². The Morgan fingerprint density at radius 1 is 1.60 bits per heavy atom. The van der Waals surface area contributed by atoms with Crippen LogP contribution in [0.2, 0.25) is 6.82 Å². The van der Waals surface area contributed by atoms with E-state index in [1.807, 2.05) is 0 Å². The van der Waals surface area contributed by atoms with Crippen molar-refractivity contribution in [2.45, 2.75) is 25.2 Å². The molecule has 1 saturated heterocycles. The molecule has 0 spiro atoms. The molecule has 2 rings (SSSR count). The van der Waals surface area contributed by atoms with Crippen molar-refractivity contribution in [2.24, 2.45) is 5.92 Å². The van der Waals surface area contributed by atoms with Gasteiger partial charge in [-0.05, 0) is 25.6 Å².